The zero-order valence-corrected chi connectivity index (χ0v) is 9.63. The molecule has 3 nitrogen and oxygen atoms in total. The lowest BCUT2D eigenvalue weighted by Gasteiger charge is -2.29. The normalized spacial score (nSPS) is 28.6. The van der Waals surface area contributed by atoms with Crippen molar-refractivity contribution in [2.75, 3.05) is 0 Å². The van der Waals surface area contributed by atoms with E-state index in [0.29, 0.717) is 5.92 Å². The number of nitrogens with two attached hydrogens (primary N) is 1. The predicted molar refractivity (Wildman–Crippen MR) is 57.9 cm³/mol. The van der Waals surface area contributed by atoms with E-state index in [1.165, 1.54) is 25.0 Å². The van der Waals surface area contributed by atoms with Crippen LogP contribution in [0.2, 0.25) is 0 Å². The van der Waals surface area contributed by atoms with Crippen LogP contribution in [-0.2, 0) is 13.0 Å². The summed E-state index contributed by atoms with van der Waals surface area (Å²) in [6.07, 6.45) is 6.69. The molecule has 1 aromatic heterocycles. The molecule has 1 aromatic rings. The van der Waals surface area contributed by atoms with E-state index in [1.807, 2.05) is 6.33 Å². The molecule has 0 saturated heterocycles. The Balaban J connectivity index is 1.87. The van der Waals surface area contributed by atoms with Crippen molar-refractivity contribution in [3.05, 3.63) is 16.6 Å². The number of nitrogens with zero attached hydrogens (tertiary/aromatic N) is 2. The van der Waals surface area contributed by atoms with Crippen molar-refractivity contribution in [2.24, 2.45) is 11.7 Å². The highest BCUT2D eigenvalue weighted by Crippen LogP contribution is 2.44. The zero-order chi connectivity index (χ0) is 9.76. The van der Waals surface area contributed by atoms with Gasteiger partial charge in [0.1, 0.15) is 4.60 Å². The summed E-state index contributed by atoms with van der Waals surface area (Å²) in [4.78, 5) is 4.27. The number of aromatic nitrogens is 2. The van der Waals surface area contributed by atoms with Gasteiger partial charge in [-0.05, 0) is 47.5 Å². The summed E-state index contributed by atoms with van der Waals surface area (Å²) in [5, 5.41) is 0. The van der Waals surface area contributed by atoms with Gasteiger partial charge in [0, 0.05) is 12.1 Å². The second-order valence-corrected chi connectivity index (χ2v) is 5.35. The fourth-order valence-electron chi connectivity index (χ4n) is 2.45. The van der Waals surface area contributed by atoms with E-state index in [1.54, 1.807) is 0 Å². The molecule has 4 heteroatoms. The van der Waals surface area contributed by atoms with Crippen LogP contribution in [0.4, 0.5) is 0 Å². The summed E-state index contributed by atoms with van der Waals surface area (Å²) in [6, 6.07) is 0. The summed E-state index contributed by atoms with van der Waals surface area (Å²) >= 11 is 3.47. The lowest BCUT2D eigenvalue weighted by atomic mass is 9.89. The fourth-order valence-corrected chi connectivity index (χ4v) is 2.97. The summed E-state index contributed by atoms with van der Waals surface area (Å²) in [6.45, 7) is 1.06. The molecule has 0 bridgehead atoms. The number of imidazole rings is 1. The van der Waals surface area contributed by atoms with Crippen molar-refractivity contribution in [1.29, 1.82) is 0 Å². The van der Waals surface area contributed by atoms with Gasteiger partial charge in [-0.2, -0.15) is 0 Å². The average Bonchev–Trinajstić information content (AvgIpc) is 2.84. The summed E-state index contributed by atoms with van der Waals surface area (Å²) < 4.78 is 3.27. The molecule has 1 aliphatic carbocycles. The van der Waals surface area contributed by atoms with Crippen LogP contribution in [0, 0.1) is 5.92 Å². The number of rotatable bonds is 1. The van der Waals surface area contributed by atoms with Crippen LogP contribution in [0.15, 0.2) is 10.9 Å². The first-order chi connectivity index (χ1) is 6.69. The van der Waals surface area contributed by atoms with Gasteiger partial charge in [0.05, 0.1) is 12.0 Å². The molecule has 0 radical (unpaired) electrons. The first-order valence-electron chi connectivity index (χ1n) is 5.17. The summed E-state index contributed by atoms with van der Waals surface area (Å²) in [5.41, 5.74) is 7.74. The molecular formula is C10H14BrN3. The van der Waals surface area contributed by atoms with Gasteiger partial charge in [0.25, 0.3) is 0 Å². The monoisotopic (exact) mass is 255 g/mol. The van der Waals surface area contributed by atoms with Crippen molar-refractivity contribution in [3.8, 4) is 0 Å². The molecular weight excluding hydrogens is 242 g/mol. The summed E-state index contributed by atoms with van der Waals surface area (Å²) in [7, 11) is 0. The Hall–Kier alpha value is -0.350. The van der Waals surface area contributed by atoms with Crippen molar-refractivity contribution in [3.63, 3.8) is 0 Å². The Morgan fingerprint density at radius 1 is 1.57 bits per heavy atom. The van der Waals surface area contributed by atoms with Gasteiger partial charge in [0.2, 0.25) is 0 Å². The van der Waals surface area contributed by atoms with Crippen LogP contribution >= 0.6 is 15.9 Å². The van der Waals surface area contributed by atoms with Gasteiger partial charge in [-0.15, -0.1) is 0 Å². The molecule has 2 N–H and O–H groups in total. The van der Waals surface area contributed by atoms with Crippen molar-refractivity contribution in [1.82, 2.24) is 9.55 Å². The maximum absolute atomic E-state index is 6.24. The zero-order valence-electron chi connectivity index (χ0n) is 8.04. The maximum Gasteiger partial charge on any atom is 0.127 e. The first-order valence-corrected chi connectivity index (χ1v) is 5.97. The largest absolute Gasteiger partial charge is 0.333 e. The lowest BCUT2D eigenvalue weighted by molar-refractivity contribution is 0.297. The highest BCUT2D eigenvalue weighted by atomic mass is 79.9. The number of hydrogen-bond donors (Lipinski definition) is 1. The van der Waals surface area contributed by atoms with E-state index in [0.717, 1.165) is 17.6 Å². The van der Waals surface area contributed by atoms with Crippen molar-refractivity contribution in [2.45, 2.75) is 37.8 Å². The fraction of sp³-hybridized carbons (Fsp3) is 0.700. The molecule has 0 spiro atoms. The quantitative estimate of drug-likeness (QED) is 0.831. The Labute approximate surface area is 91.8 Å². The van der Waals surface area contributed by atoms with E-state index >= 15 is 0 Å². The minimum absolute atomic E-state index is 0.161. The third-order valence-electron chi connectivity index (χ3n) is 3.68. The van der Waals surface area contributed by atoms with Gasteiger partial charge < -0.3 is 10.3 Å². The molecule has 1 atom stereocenters. The molecule has 3 rings (SSSR count). The Morgan fingerprint density at radius 3 is 3.07 bits per heavy atom. The molecule has 0 aromatic carbocycles. The molecule has 1 aliphatic heterocycles. The van der Waals surface area contributed by atoms with Gasteiger partial charge in [-0.1, -0.05) is 0 Å². The molecule has 2 heterocycles. The Bertz CT molecular complexity index is 367. The number of halogens is 1. The van der Waals surface area contributed by atoms with Crippen LogP contribution in [0.5, 0.6) is 0 Å². The van der Waals surface area contributed by atoms with Gasteiger partial charge in [-0.25, -0.2) is 4.98 Å². The van der Waals surface area contributed by atoms with Crippen LogP contribution in [-0.4, -0.2) is 15.1 Å². The third kappa shape index (κ3) is 1.24. The Morgan fingerprint density at radius 2 is 2.36 bits per heavy atom. The SMILES string of the molecule is NC1(C2CCc3c(Br)ncn3C2)CC1. The Kier molecular flexibility index (Phi) is 1.80. The highest BCUT2D eigenvalue weighted by molar-refractivity contribution is 9.10. The first kappa shape index (κ1) is 8.92. The molecule has 1 fully saturated rings. The van der Waals surface area contributed by atoms with Gasteiger partial charge >= 0.3 is 0 Å². The molecule has 2 aliphatic rings. The number of hydrogen-bond acceptors (Lipinski definition) is 2. The molecule has 1 unspecified atom stereocenters. The van der Waals surface area contributed by atoms with Gasteiger partial charge in [0.15, 0.2) is 0 Å². The van der Waals surface area contributed by atoms with Crippen LogP contribution in [0.25, 0.3) is 0 Å². The standard InChI is InChI=1S/C10H14BrN3/c11-9-8-2-1-7(10(12)3-4-10)5-14(8)6-13-9/h6-7H,1-5,12H2. The molecule has 76 valence electrons. The maximum atomic E-state index is 6.24. The van der Waals surface area contributed by atoms with E-state index < -0.39 is 0 Å². The van der Waals surface area contributed by atoms with Crippen molar-refractivity contribution < 1.29 is 0 Å². The predicted octanol–water partition coefficient (Wildman–Crippen LogP) is 1.70. The number of fused-ring (bicyclic) bond motifs is 1. The van der Waals surface area contributed by atoms with Gasteiger partial charge in [-0.3, -0.25) is 0 Å². The van der Waals surface area contributed by atoms with Crippen LogP contribution in [0.1, 0.15) is 25.0 Å². The highest BCUT2D eigenvalue weighted by Gasteiger charge is 2.46. The van der Waals surface area contributed by atoms with Crippen LogP contribution < -0.4 is 5.73 Å². The smallest absolute Gasteiger partial charge is 0.127 e. The molecule has 0 amide bonds. The third-order valence-corrected chi connectivity index (χ3v) is 4.34. The van der Waals surface area contributed by atoms with E-state index in [4.69, 9.17) is 5.73 Å². The molecule has 1 saturated carbocycles. The summed E-state index contributed by atoms with van der Waals surface area (Å²) in [5.74, 6) is 0.663. The topological polar surface area (TPSA) is 43.8 Å². The van der Waals surface area contributed by atoms with E-state index in [2.05, 4.69) is 25.5 Å². The minimum atomic E-state index is 0.161. The van der Waals surface area contributed by atoms with Crippen LogP contribution in [0.3, 0.4) is 0 Å². The molecule has 14 heavy (non-hydrogen) atoms. The average molecular weight is 256 g/mol. The second kappa shape index (κ2) is 2.83. The van der Waals surface area contributed by atoms with Crippen molar-refractivity contribution >= 4 is 15.9 Å². The second-order valence-electron chi connectivity index (χ2n) is 4.60. The minimum Gasteiger partial charge on any atom is -0.333 e. The van der Waals surface area contributed by atoms with E-state index in [-0.39, 0.29) is 5.54 Å². The lowest BCUT2D eigenvalue weighted by Crippen LogP contribution is -2.38. The van der Waals surface area contributed by atoms with E-state index in [9.17, 15) is 0 Å².